The number of nitrogens with one attached hydrogen (secondary N) is 2. The van der Waals surface area contributed by atoms with Gasteiger partial charge in [0.2, 0.25) is 0 Å². The Balaban J connectivity index is 1.98. The Morgan fingerprint density at radius 3 is 2.81 bits per heavy atom. The normalized spacial score (nSPS) is 12.5. The van der Waals surface area contributed by atoms with Crippen molar-refractivity contribution in [3.8, 4) is 0 Å². The molecule has 2 N–H and O–H groups in total. The van der Waals surface area contributed by atoms with Gasteiger partial charge in [0, 0.05) is 5.39 Å². The highest BCUT2D eigenvalue weighted by atomic mass is 15.2. The fourth-order valence-electron chi connectivity index (χ4n) is 2.32. The van der Waals surface area contributed by atoms with Gasteiger partial charge in [-0.1, -0.05) is 18.6 Å². The molecule has 2 aromatic heterocycles. The standard InChI is InChI=1S/C15H18N6/c1-4-12(15-18-10(3)20-21-15)19-14-11-7-9(2)5-6-13(11)16-8-17-14/h5-8,12H,4H2,1-3H3,(H,16,17,19)(H,18,20,21). The van der Waals surface area contributed by atoms with Crippen molar-refractivity contribution in [1.29, 1.82) is 0 Å². The van der Waals surface area contributed by atoms with Crippen molar-refractivity contribution in [3.05, 3.63) is 41.7 Å². The zero-order valence-electron chi connectivity index (χ0n) is 12.4. The van der Waals surface area contributed by atoms with Crippen molar-refractivity contribution in [2.24, 2.45) is 0 Å². The van der Waals surface area contributed by atoms with Gasteiger partial charge in [-0.2, -0.15) is 5.10 Å². The zero-order valence-corrected chi connectivity index (χ0v) is 12.4. The minimum Gasteiger partial charge on any atom is -0.359 e. The predicted molar refractivity (Wildman–Crippen MR) is 82.0 cm³/mol. The molecule has 2 heterocycles. The maximum Gasteiger partial charge on any atom is 0.172 e. The second kappa shape index (κ2) is 5.47. The molecule has 0 amide bonds. The van der Waals surface area contributed by atoms with Crippen LogP contribution in [0.3, 0.4) is 0 Å². The molecule has 0 radical (unpaired) electrons. The average molecular weight is 282 g/mol. The van der Waals surface area contributed by atoms with E-state index in [2.05, 4.69) is 56.4 Å². The SMILES string of the molecule is CCC(Nc1ncnc2ccc(C)cc12)c1n[nH]c(C)n1. The fourth-order valence-corrected chi connectivity index (χ4v) is 2.32. The zero-order chi connectivity index (χ0) is 14.8. The monoisotopic (exact) mass is 282 g/mol. The van der Waals surface area contributed by atoms with Gasteiger partial charge in [0.1, 0.15) is 18.0 Å². The summed E-state index contributed by atoms with van der Waals surface area (Å²) in [4.78, 5) is 13.1. The van der Waals surface area contributed by atoms with Gasteiger partial charge >= 0.3 is 0 Å². The highest BCUT2D eigenvalue weighted by Crippen LogP contribution is 2.25. The molecule has 0 aliphatic rings. The van der Waals surface area contributed by atoms with Gasteiger partial charge in [-0.15, -0.1) is 0 Å². The molecule has 0 saturated heterocycles. The summed E-state index contributed by atoms with van der Waals surface area (Å²) in [6.45, 7) is 6.05. The van der Waals surface area contributed by atoms with E-state index in [4.69, 9.17) is 0 Å². The Kier molecular flexibility index (Phi) is 3.51. The molecular weight excluding hydrogens is 264 g/mol. The van der Waals surface area contributed by atoms with Gasteiger partial charge in [0.05, 0.1) is 11.6 Å². The van der Waals surface area contributed by atoms with Crippen LogP contribution in [0.15, 0.2) is 24.5 Å². The number of aryl methyl sites for hydroxylation is 2. The average Bonchev–Trinajstić information content (AvgIpc) is 2.91. The van der Waals surface area contributed by atoms with Gasteiger partial charge in [-0.3, -0.25) is 5.10 Å². The van der Waals surface area contributed by atoms with Crippen LogP contribution in [-0.4, -0.2) is 25.1 Å². The Bertz CT molecular complexity index is 764. The van der Waals surface area contributed by atoms with E-state index in [1.54, 1.807) is 6.33 Å². The van der Waals surface area contributed by atoms with Gasteiger partial charge in [0.15, 0.2) is 5.82 Å². The van der Waals surface area contributed by atoms with E-state index in [9.17, 15) is 0 Å². The van der Waals surface area contributed by atoms with Crippen LogP contribution in [0.2, 0.25) is 0 Å². The highest BCUT2D eigenvalue weighted by Gasteiger charge is 2.16. The summed E-state index contributed by atoms with van der Waals surface area (Å²) < 4.78 is 0. The molecule has 0 fully saturated rings. The molecule has 0 aliphatic carbocycles. The minimum absolute atomic E-state index is 0.0218. The molecule has 3 aromatic rings. The number of hydrogen-bond acceptors (Lipinski definition) is 5. The van der Waals surface area contributed by atoms with Crippen molar-refractivity contribution in [1.82, 2.24) is 25.1 Å². The second-order valence-electron chi connectivity index (χ2n) is 5.13. The van der Waals surface area contributed by atoms with E-state index < -0.39 is 0 Å². The molecule has 1 unspecified atom stereocenters. The number of aromatic amines is 1. The third kappa shape index (κ3) is 2.69. The van der Waals surface area contributed by atoms with E-state index in [-0.39, 0.29) is 6.04 Å². The van der Waals surface area contributed by atoms with E-state index >= 15 is 0 Å². The first-order valence-electron chi connectivity index (χ1n) is 7.04. The number of hydrogen-bond donors (Lipinski definition) is 2. The van der Waals surface area contributed by atoms with Crippen LogP contribution >= 0.6 is 0 Å². The summed E-state index contributed by atoms with van der Waals surface area (Å²) in [5, 5.41) is 11.6. The summed E-state index contributed by atoms with van der Waals surface area (Å²) >= 11 is 0. The molecule has 6 nitrogen and oxygen atoms in total. The number of aromatic nitrogens is 5. The van der Waals surface area contributed by atoms with Crippen molar-refractivity contribution in [2.45, 2.75) is 33.2 Å². The van der Waals surface area contributed by atoms with Crippen LogP contribution in [-0.2, 0) is 0 Å². The van der Waals surface area contributed by atoms with Crippen LogP contribution in [0.1, 0.15) is 36.6 Å². The summed E-state index contributed by atoms with van der Waals surface area (Å²) in [6, 6.07) is 6.17. The lowest BCUT2D eigenvalue weighted by molar-refractivity contribution is 0.694. The third-order valence-electron chi connectivity index (χ3n) is 3.44. The van der Waals surface area contributed by atoms with Crippen LogP contribution in [0.25, 0.3) is 10.9 Å². The fraction of sp³-hybridized carbons (Fsp3) is 0.333. The molecule has 3 rings (SSSR count). The van der Waals surface area contributed by atoms with Gasteiger partial charge in [-0.05, 0) is 32.4 Å². The molecule has 6 heteroatoms. The summed E-state index contributed by atoms with van der Waals surface area (Å²) in [5.74, 6) is 2.39. The second-order valence-corrected chi connectivity index (χ2v) is 5.13. The molecule has 0 spiro atoms. The quantitative estimate of drug-likeness (QED) is 0.769. The first-order chi connectivity index (χ1) is 10.2. The number of nitrogens with zero attached hydrogens (tertiary/aromatic N) is 4. The molecule has 1 atom stereocenters. The van der Waals surface area contributed by atoms with Crippen LogP contribution < -0.4 is 5.32 Å². The Labute approximate surface area is 123 Å². The molecule has 0 bridgehead atoms. The number of H-pyrrole nitrogens is 1. The molecule has 21 heavy (non-hydrogen) atoms. The van der Waals surface area contributed by atoms with Gasteiger partial charge in [0.25, 0.3) is 0 Å². The molecule has 0 aliphatic heterocycles. The first kappa shape index (κ1) is 13.5. The smallest absolute Gasteiger partial charge is 0.172 e. The maximum atomic E-state index is 4.40. The lowest BCUT2D eigenvalue weighted by atomic mass is 10.1. The predicted octanol–water partition coefficient (Wildman–Crippen LogP) is 2.93. The molecule has 1 aromatic carbocycles. The molecule has 108 valence electrons. The van der Waals surface area contributed by atoms with Crippen molar-refractivity contribution in [3.63, 3.8) is 0 Å². The topological polar surface area (TPSA) is 79.4 Å². The number of anilines is 1. The molecule has 0 saturated carbocycles. The summed E-state index contributed by atoms with van der Waals surface area (Å²) in [5.41, 5.74) is 2.11. The number of fused-ring (bicyclic) bond motifs is 1. The lowest BCUT2D eigenvalue weighted by Crippen LogP contribution is -2.13. The van der Waals surface area contributed by atoms with Crippen molar-refractivity contribution in [2.75, 3.05) is 5.32 Å². The Morgan fingerprint density at radius 1 is 1.24 bits per heavy atom. The van der Waals surface area contributed by atoms with E-state index in [1.165, 1.54) is 5.56 Å². The van der Waals surface area contributed by atoms with Crippen molar-refractivity contribution >= 4 is 16.7 Å². The minimum atomic E-state index is 0.0218. The maximum absolute atomic E-state index is 4.40. The number of rotatable bonds is 4. The van der Waals surface area contributed by atoms with Crippen molar-refractivity contribution < 1.29 is 0 Å². The van der Waals surface area contributed by atoms with E-state index in [0.29, 0.717) is 0 Å². The largest absolute Gasteiger partial charge is 0.359 e. The van der Waals surface area contributed by atoms with E-state index in [0.717, 1.165) is 34.8 Å². The van der Waals surface area contributed by atoms with Gasteiger partial charge in [-0.25, -0.2) is 15.0 Å². The third-order valence-corrected chi connectivity index (χ3v) is 3.44. The van der Waals surface area contributed by atoms with Crippen LogP contribution in [0, 0.1) is 13.8 Å². The number of benzene rings is 1. The Hall–Kier alpha value is -2.50. The highest BCUT2D eigenvalue weighted by molar-refractivity contribution is 5.89. The molecular formula is C15H18N6. The van der Waals surface area contributed by atoms with E-state index in [1.807, 2.05) is 13.0 Å². The van der Waals surface area contributed by atoms with Crippen LogP contribution in [0.5, 0.6) is 0 Å². The first-order valence-corrected chi connectivity index (χ1v) is 7.04. The van der Waals surface area contributed by atoms with Gasteiger partial charge < -0.3 is 5.32 Å². The summed E-state index contributed by atoms with van der Waals surface area (Å²) in [6.07, 6.45) is 2.45. The van der Waals surface area contributed by atoms with Crippen LogP contribution in [0.4, 0.5) is 5.82 Å². The summed E-state index contributed by atoms with van der Waals surface area (Å²) in [7, 11) is 0. The lowest BCUT2D eigenvalue weighted by Gasteiger charge is -2.15. The Morgan fingerprint density at radius 2 is 2.10 bits per heavy atom.